The number of nitrogens with two attached hydrogens (primary N) is 1. The summed E-state index contributed by atoms with van der Waals surface area (Å²) >= 11 is 0. The van der Waals surface area contributed by atoms with Crippen LogP contribution in [0.25, 0.3) is 0 Å². The minimum Gasteiger partial charge on any atom is -0.480 e. The van der Waals surface area contributed by atoms with E-state index in [1.165, 1.54) is 0 Å². The van der Waals surface area contributed by atoms with Gasteiger partial charge in [-0.05, 0) is 19.8 Å². The van der Waals surface area contributed by atoms with Crippen LogP contribution < -0.4 is 11.1 Å². The Morgan fingerprint density at radius 2 is 1.95 bits per heavy atom. The molecule has 0 aromatic heterocycles. The maximum atomic E-state index is 12.4. The molecule has 1 amide bonds. The standard InChI is InChI=1S/C13H22N2O4/c1-12(8-19-7-9(12)14)10(16)15-13(11(17)18)5-3-2-4-6-13/h9H,2-8,14H2,1H3,(H,15,16)(H,17,18). The first-order valence-corrected chi connectivity index (χ1v) is 6.80. The molecular formula is C13H22N2O4. The van der Waals surface area contributed by atoms with Crippen LogP contribution in [-0.2, 0) is 14.3 Å². The van der Waals surface area contributed by atoms with E-state index >= 15 is 0 Å². The smallest absolute Gasteiger partial charge is 0.329 e. The summed E-state index contributed by atoms with van der Waals surface area (Å²) in [4.78, 5) is 24.0. The van der Waals surface area contributed by atoms with E-state index in [-0.39, 0.29) is 18.6 Å². The molecular weight excluding hydrogens is 248 g/mol. The number of amides is 1. The van der Waals surface area contributed by atoms with Crippen LogP contribution in [-0.4, -0.2) is 41.8 Å². The summed E-state index contributed by atoms with van der Waals surface area (Å²) in [6.45, 7) is 2.32. The summed E-state index contributed by atoms with van der Waals surface area (Å²) < 4.78 is 5.24. The van der Waals surface area contributed by atoms with Gasteiger partial charge < -0.3 is 20.9 Å². The van der Waals surface area contributed by atoms with E-state index in [4.69, 9.17) is 10.5 Å². The zero-order chi connectivity index (χ0) is 14.1. The average Bonchev–Trinajstić information content (AvgIpc) is 2.72. The third-order valence-electron chi connectivity index (χ3n) is 4.51. The van der Waals surface area contributed by atoms with Gasteiger partial charge >= 0.3 is 5.97 Å². The summed E-state index contributed by atoms with van der Waals surface area (Å²) in [7, 11) is 0. The van der Waals surface area contributed by atoms with E-state index in [2.05, 4.69) is 5.32 Å². The van der Waals surface area contributed by atoms with Crippen LogP contribution in [0.4, 0.5) is 0 Å². The van der Waals surface area contributed by atoms with Gasteiger partial charge in [0.05, 0.1) is 18.6 Å². The van der Waals surface area contributed by atoms with Crippen LogP contribution in [0.2, 0.25) is 0 Å². The molecule has 2 unspecified atom stereocenters. The van der Waals surface area contributed by atoms with E-state index in [0.717, 1.165) is 19.3 Å². The molecule has 108 valence electrons. The number of carboxylic acids is 1. The molecule has 0 radical (unpaired) electrons. The van der Waals surface area contributed by atoms with Crippen LogP contribution in [0, 0.1) is 5.41 Å². The van der Waals surface area contributed by atoms with Gasteiger partial charge in [0.1, 0.15) is 5.54 Å². The van der Waals surface area contributed by atoms with Crippen molar-refractivity contribution < 1.29 is 19.4 Å². The highest BCUT2D eigenvalue weighted by Gasteiger charge is 2.49. The zero-order valence-electron chi connectivity index (χ0n) is 11.3. The van der Waals surface area contributed by atoms with Crippen molar-refractivity contribution in [3.63, 3.8) is 0 Å². The van der Waals surface area contributed by atoms with Crippen LogP contribution in [0.1, 0.15) is 39.0 Å². The molecule has 0 aromatic rings. The summed E-state index contributed by atoms with van der Waals surface area (Å²) in [5.41, 5.74) is 3.95. The third kappa shape index (κ3) is 2.47. The molecule has 0 spiro atoms. The van der Waals surface area contributed by atoms with Crippen molar-refractivity contribution in [1.29, 1.82) is 0 Å². The number of nitrogens with one attached hydrogen (secondary N) is 1. The monoisotopic (exact) mass is 270 g/mol. The number of ether oxygens (including phenoxy) is 1. The Morgan fingerprint density at radius 3 is 2.42 bits per heavy atom. The van der Waals surface area contributed by atoms with Crippen LogP contribution in [0.15, 0.2) is 0 Å². The minimum absolute atomic E-state index is 0.246. The predicted molar refractivity (Wildman–Crippen MR) is 68.5 cm³/mol. The number of carbonyl (C=O) groups is 2. The Labute approximate surface area is 112 Å². The highest BCUT2D eigenvalue weighted by atomic mass is 16.5. The molecule has 2 aliphatic rings. The van der Waals surface area contributed by atoms with Gasteiger partial charge in [-0.1, -0.05) is 19.3 Å². The summed E-state index contributed by atoms with van der Waals surface area (Å²) in [6, 6.07) is -0.387. The van der Waals surface area contributed by atoms with Gasteiger partial charge in [-0.3, -0.25) is 4.79 Å². The molecule has 6 nitrogen and oxygen atoms in total. The fourth-order valence-electron chi connectivity index (χ4n) is 2.83. The van der Waals surface area contributed by atoms with Gasteiger partial charge in [-0.2, -0.15) is 0 Å². The highest BCUT2D eigenvalue weighted by molar-refractivity contribution is 5.90. The molecule has 1 aliphatic carbocycles. The lowest BCUT2D eigenvalue weighted by molar-refractivity contribution is -0.151. The highest BCUT2D eigenvalue weighted by Crippen LogP contribution is 2.32. The topological polar surface area (TPSA) is 102 Å². The molecule has 1 saturated carbocycles. The molecule has 4 N–H and O–H groups in total. The quantitative estimate of drug-likeness (QED) is 0.682. The number of carboxylic acid groups (broad SMARTS) is 1. The van der Waals surface area contributed by atoms with E-state index in [0.29, 0.717) is 19.4 Å². The fourth-order valence-corrected chi connectivity index (χ4v) is 2.83. The van der Waals surface area contributed by atoms with Crippen molar-refractivity contribution in [2.45, 2.75) is 50.6 Å². The second-order valence-corrected chi connectivity index (χ2v) is 5.94. The largest absolute Gasteiger partial charge is 0.480 e. The lowest BCUT2D eigenvalue weighted by Gasteiger charge is -2.37. The van der Waals surface area contributed by atoms with Gasteiger partial charge in [0.2, 0.25) is 5.91 Å². The second kappa shape index (κ2) is 5.09. The van der Waals surface area contributed by atoms with Gasteiger partial charge in [0, 0.05) is 6.04 Å². The minimum atomic E-state index is -1.12. The molecule has 1 saturated heterocycles. The Bertz CT molecular complexity index is 379. The van der Waals surface area contributed by atoms with Crippen LogP contribution in [0.3, 0.4) is 0 Å². The van der Waals surface area contributed by atoms with Crippen molar-refractivity contribution in [3.05, 3.63) is 0 Å². The molecule has 1 aliphatic heterocycles. The average molecular weight is 270 g/mol. The first-order valence-electron chi connectivity index (χ1n) is 6.80. The van der Waals surface area contributed by atoms with Gasteiger partial charge in [-0.15, -0.1) is 0 Å². The van der Waals surface area contributed by atoms with Crippen molar-refractivity contribution in [2.75, 3.05) is 13.2 Å². The number of hydrogen-bond donors (Lipinski definition) is 3. The zero-order valence-corrected chi connectivity index (χ0v) is 11.3. The maximum absolute atomic E-state index is 12.4. The van der Waals surface area contributed by atoms with Crippen molar-refractivity contribution in [3.8, 4) is 0 Å². The van der Waals surface area contributed by atoms with E-state index in [1.54, 1.807) is 6.92 Å². The Hall–Kier alpha value is -1.14. The first-order chi connectivity index (χ1) is 8.91. The summed E-state index contributed by atoms with van der Waals surface area (Å²) in [5.74, 6) is -1.25. The number of aliphatic carboxylic acids is 1. The molecule has 19 heavy (non-hydrogen) atoms. The predicted octanol–water partition coefficient (Wildman–Crippen LogP) is 0.254. The molecule has 2 rings (SSSR count). The SMILES string of the molecule is CC1(C(=O)NC2(C(=O)O)CCCCC2)COCC1N. The normalized spacial score (nSPS) is 33.9. The number of rotatable bonds is 3. The maximum Gasteiger partial charge on any atom is 0.329 e. The van der Waals surface area contributed by atoms with Crippen LogP contribution >= 0.6 is 0 Å². The summed E-state index contributed by atoms with van der Waals surface area (Å²) in [6.07, 6.45) is 3.64. The van der Waals surface area contributed by atoms with Crippen molar-refractivity contribution >= 4 is 11.9 Å². The van der Waals surface area contributed by atoms with Gasteiger partial charge in [0.25, 0.3) is 0 Å². The molecule has 1 heterocycles. The molecule has 2 fully saturated rings. The number of hydrogen-bond acceptors (Lipinski definition) is 4. The second-order valence-electron chi connectivity index (χ2n) is 5.94. The van der Waals surface area contributed by atoms with E-state index in [9.17, 15) is 14.7 Å². The lowest BCUT2D eigenvalue weighted by atomic mass is 9.79. The molecule has 6 heteroatoms. The third-order valence-corrected chi connectivity index (χ3v) is 4.51. The Balaban J connectivity index is 2.13. The lowest BCUT2D eigenvalue weighted by Crippen LogP contribution is -2.61. The molecule has 2 atom stereocenters. The number of carbonyl (C=O) groups excluding carboxylic acids is 1. The van der Waals surface area contributed by atoms with Crippen molar-refractivity contribution in [1.82, 2.24) is 5.32 Å². The van der Waals surface area contributed by atoms with Crippen molar-refractivity contribution in [2.24, 2.45) is 11.1 Å². The molecule has 0 aromatic carbocycles. The van der Waals surface area contributed by atoms with Gasteiger partial charge in [-0.25, -0.2) is 4.79 Å². The van der Waals surface area contributed by atoms with E-state index < -0.39 is 16.9 Å². The van der Waals surface area contributed by atoms with E-state index in [1.807, 2.05) is 0 Å². The Morgan fingerprint density at radius 1 is 1.32 bits per heavy atom. The van der Waals surface area contributed by atoms with Gasteiger partial charge in [0.15, 0.2) is 0 Å². The Kier molecular flexibility index (Phi) is 3.82. The van der Waals surface area contributed by atoms with Crippen LogP contribution in [0.5, 0.6) is 0 Å². The molecule has 0 bridgehead atoms. The fraction of sp³-hybridized carbons (Fsp3) is 0.846. The first kappa shape index (κ1) is 14.3. The summed E-state index contributed by atoms with van der Waals surface area (Å²) in [5, 5.41) is 12.2.